The zero-order chi connectivity index (χ0) is 18.5. The van der Waals surface area contributed by atoms with E-state index in [2.05, 4.69) is 5.32 Å². The number of hydrogen-bond donors (Lipinski definition) is 2. The van der Waals surface area contributed by atoms with Gasteiger partial charge in [-0.2, -0.15) is 0 Å². The van der Waals surface area contributed by atoms with Crippen molar-refractivity contribution >= 4 is 17.6 Å². The van der Waals surface area contributed by atoms with Gasteiger partial charge in [0.25, 0.3) is 5.91 Å². The van der Waals surface area contributed by atoms with E-state index >= 15 is 0 Å². The molecule has 2 N–H and O–H groups in total. The molecule has 2 heterocycles. The molecule has 1 atom stereocenters. The number of nitrogens with one attached hydrogen (secondary N) is 1. The van der Waals surface area contributed by atoms with E-state index in [1.165, 1.54) is 0 Å². The Morgan fingerprint density at radius 2 is 1.96 bits per heavy atom. The van der Waals surface area contributed by atoms with E-state index in [0.29, 0.717) is 43.1 Å². The molecule has 7 heteroatoms. The minimum absolute atomic E-state index is 0.0140. The molecule has 0 saturated carbocycles. The maximum atomic E-state index is 12.7. The van der Waals surface area contributed by atoms with Gasteiger partial charge in [-0.15, -0.1) is 0 Å². The highest BCUT2D eigenvalue weighted by Gasteiger charge is 2.26. The number of carbonyl (C=O) groups excluding carboxylic acids is 2. The lowest BCUT2D eigenvalue weighted by molar-refractivity contribution is 0.0724. The third kappa shape index (κ3) is 4.27. The average molecular weight is 361 g/mol. The lowest BCUT2D eigenvalue weighted by atomic mass is 10.1. The van der Waals surface area contributed by atoms with Gasteiger partial charge in [-0.1, -0.05) is 0 Å². The van der Waals surface area contributed by atoms with E-state index in [1.54, 1.807) is 23.1 Å². The first-order chi connectivity index (χ1) is 12.6. The topological polar surface area (TPSA) is 82.1 Å². The highest BCUT2D eigenvalue weighted by molar-refractivity contribution is 5.98. The normalized spacial score (nSPS) is 20.2. The highest BCUT2D eigenvalue weighted by atomic mass is 16.5. The number of rotatable bonds is 4. The molecule has 0 aromatic heterocycles. The molecule has 1 unspecified atom stereocenters. The number of carbonyl (C=O) groups is 2. The van der Waals surface area contributed by atoms with Gasteiger partial charge in [-0.3, -0.25) is 4.79 Å². The van der Waals surface area contributed by atoms with Gasteiger partial charge in [0.1, 0.15) is 5.75 Å². The largest absolute Gasteiger partial charge is 0.492 e. The van der Waals surface area contributed by atoms with Crippen LogP contribution < -0.4 is 10.1 Å². The van der Waals surface area contributed by atoms with Crippen molar-refractivity contribution in [3.8, 4) is 5.75 Å². The molecule has 142 valence electrons. The van der Waals surface area contributed by atoms with Crippen LogP contribution >= 0.6 is 0 Å². The second-order valence-electron chi connectivity index (χ2n) is 6.82. The Morgan fingerprint density at radius 1 is 1.19 bits per heavy atom. The molecule has 1 aromatic rings. The predicted octanol–water partition coefficient (Wildman–Crippen LogP) is 2.31. The van der Waals surface area contributed by atoms with Crippen LogP contribution in [-0.4, -0.2) is 65.7 Å². The summed E-state index contributed by atoms with van der Waals surface area (Å²) in [6, 6.07) is 4.88. The van der Waals surface area contributed by atoms with Crippen molar-refractivity contribution in [2.45, 2.75) is 38.7 Å². The Balaban J connectivity index is 1.77. The Hall–Kier alpha value is -2.28. The third-order valence-corrected chi connectivity index (χ3v) is 4.86. The highest BCUT2D eigenvalue weighted by Crippen LogP contribution is 2.28. The van der Waals surface area contributed by atoms with E-state index in [1.807, 2.05) is 11.8 Å². The molecule has 0 aliphatic carbocycles. The molecule has 2 aliphatic heterocycles. The minimum Gasteiger partial charge on any atom is -0.492 e. The van der Waals surface area contributed by atoms with Gasteiger partial charge >= 0.3 is 6.03 Å². The molecule has 3 rings (SSSR count). The van der Waals surface area contributed by atoms with Crippen LogP contribution in [0, 0.1) is 0 Å². The minimum atomic E-state index is -0.473. The first-order valence-corrected chi connectivity index (χ1v) is 9.38. The summed E-state index contributed by atoms with van der Waals surface area (Å²) < 4.78 is 5.59. The Morgan fingerprint density at radius 3 is 2.62 bits per heavy atom. The third-order valence-electron chi connectivity index (χ3n) is 4.86. The molecule has 0 spiro atoms. The zero-order valence-corrected chi connectivity index (χ0v) is 15.2. The van der Waals surface area contributed by atoms with Gasteiger partial charge in [-0.05, 0) is 50.8 Å². The van der Waals surface area contributed by atoms with Crippen molar-refractivity contribution in [2.75, 3.05) is 38.1 Å². The predicted molar refractivity (Wildman–Crippen MR) is 98.6 cm³/mol. The number of piperidine rings is 1. The Kier molecular flexibility index (Phi) is 5.98. The first kappa shape index (κ1) is 18.5. The number of likely N-dealkylation sites (tertiary alicyclic amines) is 2. The van der Waals surface area contributed by atoms with Crippen LogP contribution in [0.4, 0.5) is 10.5 Å². The Labute approximate surface area is 153 Å². The Bertz CT molecular complexity index is 658. The van der Waals surface area contributed by atoms with Crippen LogP contribution in [0.5, 0.6) is 5.75 Å². The molecule has 3 amide bonds. The molecular formula is C19H27N3O4. The molecule has 0 radical (unpaired) electrons. The fourth-order valence-corrected chi connectivity index (χ4v) is 3.44. The molecule has 26 heavy (non-hydrogen) atoms. The van der Waals surface area contributed by atoms with Gasteiger partial charge in [0, 0.05) is 31.7 Å². The molecular weight excluding hydrogens is 334 g/mol. The fraction of sp³-hybridized carbons (Fsp3) is 0.579. The summed E-state index contributed by atoms with van der Waals surface area (Å²) >= 11 is 0. The zero-order valence-electron chi connectivity index (χ0n) is 15.2. The first-order valence-electron chi connectivity index (χ1n) is 9.38. The molecule has 1 aromatic carbocycles. The van der Waals surface area contributed by atoms with Gasteiger partial charge < -0.3 is 25.0 Å². The number of benzene rings is 1. The summed E-state index contributed by atoms with van der Waals surface area (Å²) in [6.07, 6.45) is 3.34. The van der Waals surface area contributed by atoms with Crippen molar-refractivity contribution in [3.63, 3.8) is 0 Å². The standard InChI is InChI=1S/C19H27N3O4/c1-2-26-17-7-6-14(18(24)21-9-4-3-5-10-21)12-16(17)20-19(25)22-11-8-15(23)13-22/h6-7,12,15,23H,2-5,8-11,13H2,1H3,(H,20,25). The van der Waals surface area contributed by atoms with Crippen molar-refractivity contribution < 1.29 is 19.4 Å². The van der Waals surface area contributed by atoms with Gasteiger partial charge in [0.15, 0.2) is 0 Å². The lowest BCUT2D eigenvalue weighted by Crippen LogP contribution is -2.36. The second-order valence-corrected chi connectivity index (χ2v) is 6.82. The van der Waals surface area contributed by atoms with E-state index in [9.17, 15) is 14.7 Å². The van der Waals surface area contributed by atoms with Crippen LogP contribution in [0.15, 0.2) is 18.2 Å². The number of ether oxygens (including phenoxy) is 1. The van der Waals surface area contributed by atoms with Gasteiger partial charge in [0.2, 0.25) is 0 Å². The molecule has 2 aliphatic rings. The lowest BCUT2D eigenvalue weighted by Gasteiger charge is -2.27. The van der Waals surface area contributed by atoms with Crippen molar-refractivity contribution in [2.24, 2.45) is 0 Å². The average Bonchev–Trinajstić information content (AvgIpc) is 3.10. The second kappa shape index (κ2) is 8.40. The van der Waals surface area contributed by atoms with Crippen LogP contribution in [0.25, 0.3) is 0 Å². The number of amides is 3. The van der Waals surface area contributed by atoms with Crippen LogP contribution in [-0.2, 0) is 0 Å². The van der Waals surface area contributed by atoms with Gasteiger partial charge in [0.05, 0.1) is 18.4 Å². The number of urea groups is 1. The summed E-state index contributed by atoms with van der Waals surface area (Å²) in [5, 5.41) is 12.5. The van der Waals surface area contributed by atoms with E-state index < -0.39 is 6.10 Å². The van der Waals surface area contributed by atoms with Crippen molar-refractivity contribution in [1.29, 1.82) is 0 Å². The molecule has 2 fully saturated rings. The number of aliphatic hydroxyl groups is 1. The number of anilines is 1. The summed E-state index contributed by atoms with van der Waals surface area (Å²) in [5.41, 5.74) is 1.04. The summed E-state index contributed by atoms with van der Waals surface area (Å²) in [6.45, 7) is 4.73. The quantitative estimate of drug-likeness (QED) is 0.862. The molecule has 0 bridgehead atoms. The van der Waals surface area contributed by atoms with E-state index in [4.69, 9.17) is 4.74 Å². The van der Waals surface area contributed by atoms with Crippen molar-refractivity contribution in [1.82, 2.24) is 9.80 Å². The summed E-state index contributed by atoms with van der Waals surface area (Å²) in [4.78, 5) is 28.6. The summed E-state index contributed by atoms with van der Waals surface area (Å²) in [5.74, 6) is 0.524. The fourth-order valence-electron chi connectivity index (χ4n) is 3.44. The SMILES string of the molecule is CCOc1ccc(C(=O)N2CCCCC2)cc1NC(=O)N1CCC(O)C1. The van der Waals surface area contributed by atoms with Crippen LogP contribution in [0.1, 0.15) is 43.0 Å². The molecule has 2 saturated heterocycles. The molecule has 7 nitrogen and oxygen atoms in total. The number of aliphatic hydroxyl groups excluding tert-OH is 1. The summed E-state index contributed by atoms with van der Waals surface area (Å²) in [7, 11) is 0. The monoisotopic (exact) mass is 361 g/mol. The van der Waals surface area contributed by atoms with Gasteiger partial charge in [-0.25, -0.2) is 4.79 Å². The van der Waals surface area contributed by atoms with Crippen LogP contribution in [0.2, 0.25) is 0 Å². The van der Waals surface area contributed by atoms with E-state index in [0.717, 1.165) is 32.4 Å². The maximum Gasteiger partial charge on any atom is 0.322 e. The number of hydrogen-bond acceptors (Lipinski definition) is 4. The van der Waals surface area contributed by atoms with Crippen molar-refractivity contribution in [3.05, 3.63) is 23.8 Å². The number of β-amino-alcohol motifs (C(OH)–C–C–N with tert-alkyl or cyclic N) is 1. The number of nitrogens with zero attached hydrogens (tertiary/aromatic N) is 2. The van der Waals surface area contributed by atoms with E-state index in [-0.39, 0.29) is 11.9 Å². The van der Waals surface area contributed by atoms with Crippen LogP contribution in [0.3, 0.4) is 0 Å². The maximum absolute atomic E-state index is 12.7. The smallest absolute Gasteiger partial charge is 0.322 e.